The van der Waals surface area contributed by atoms with E-state index in [1.807, 2.05) is 0 Å². The molecule has 0 spiro atoms. The third kappa shape index (κ3) is 6.63. The van der Waals surface area contributed by atoms with Gasteiger partial charge in [-0.3, -0.25) is 0 Å². The molecule has 0 rings (SSSR count). The lowest BCUT2D eigenvalue weighted by Crippen LogP contribution is -2.14. The Balaban J connectivity index is 3.75. The molecule has 0 fully saturated rings. The van der Waals surface area contributed by atoms with Gasteiger partial charge in [-0.15, -0.1) is 0 Å². The molecular weight excluding hydrogens is 158 g/mol. The molecule has 2 atom stereocenters. The van der Waals surface area contributed by atoms with Gasteiger partial charge in [0.2, 0.25) is 0 Å². The van der Waals surface area contributed by atoms with Crippen LogP contribution in [-0.4, -0.2) is 6.54 Å². The van der Waals surface area contributed by atoms with E-state index in [4.69, 9.17) is 6.57 Å². The first-order valence-corrected chi connectivity index (χ1v) is 5.03. The molecule has 0 heterocycles. The summed E-state index contributed by atoms with van der Waals surface area (Å²) in [6.45, 7) is 20.3. The molecule has 76 valence electrons. The van der Waals surface area contributed by atoms with Crippen LogP contribution in [0.4, 0.5) is 0 Å². The van der Waals surface area contributed by atoms with Crippen molar-refractivity contribution in [1.82, 2.24) is 0 Å². The standard InChI is InChI=1S/C12H22N/c1-10(11(2)9-13-6)7-8-12(3,4)5/h10-11H,2,7-9H2,1,3-5H3/q-1/t10?,11-/m0/s1. The molecule has 0 aromatic carbocycles. The summed E-state index contributed by atoms with van der Waals surface area (Å²) < 4.78 is 0. The summed E-state index contributed by atoms with van der Waals surface area (Å²) in [6.07, 6.45) is 2.41. The minimum Gasteiger partial charge on any atom is -0.333 e. The largest absolute Gasteiger partial charge is 0.333 e. The van der Waals surface area contributed by atoms with Gasteiger partial charge in [0.05, 0.1) is 0 Å². The zero-order valence-corrected chi connectivity index (χ0v) is 9.43. The van der Waals surface area contributed by atoms with Gasteiger partial charge in [0.15, 0.2) is 6.54 Å². The summed E-state index contributed by atoms with van der Waals surface area (Å²) in [5.74, 6) is 0.883. The van der Waals surface area contributed by atoms with Gasteiger partial charge in [0.25, 0.3) is 0 Å². The van der Waals surface area contributed by atoms with Crippen molar-refractivity contribution in [2.45, 2.75) is 40.5 Å². The second-order valence-electron chi connectivity index (χ2n) is 5.18. The second-order valence-corrected chi connectivity index (χ2v) is 5.18. The molecule has 0 saturated heterocycles. The minimum absolute atomic E-state index is 0.305. The second kappa shape index (κ2) is 5.27. The summed E-state index contributed by atoms with van der Waals surface area (Å²) in [6, 6.07) is 0. The van der Waals surface area contributed by atoms with Crippen LogP contribution in [0.25, 0.3) is 4.85 Å². The van der Waals surface area contributed by atoms with Crippen molar-refractivity contribution in [1.29, 1.82) is 0 Å². The topological polar surface area (TPSA) is 4.36 Å². The predicted octanol–water partition coefficient (Wildman–Crippen LogP) is 3.82. The first kappa shape index (κ1) is 12.5. The van der Waals surface area contributed by atoms with Gasteiger partial charge < -0.3 is 11.8 Å². The molecule has 1 unspecified atom stereocenters. The summed E-state index contributed by atoms with van der Waals surface area (Å²) in [5, 5.41) is 0. The monoisotopic (exact) mass is 180 g/mol. The van der Waals surface area contributed by atoms with Gasteiger partial charge in [-0.1, -0.05) is 46.0 Å². The van der Waals surface area contributed by atoms with Crippen molar-refractivity contribution in [2.24, 2.45) is 17.3 Å². The molecule has 0 aromatic rings. The van der Waals surface area contributed by atoms with Crippen molar-refractivity contribution in [3.8, 4) is 0 Å². The summed E-state index contributed by atoms with van der Waals surface area (Å²) >= 11 is 0. The third-order valence-electron chi connectivity index (χ3n) is 2.48. The SMILES string of the molecule is [C-]#[N+]C[C@H]([CH2-])C(C)CCC(C)(C)C. The Morgan fingerprint density at radius 2 is 1.92 bits per heavy atom. The molecule has 0 aliphatic rings. The van der Waals surface area contributed by atoms with E-state index >= 15 is 0 Å². The molecule has 0 N–H and O–H groups in total. The number of hydrogen-bond donors (Lipinski definition) is 0. The van der Waals surface area contributed by atoms with E-state index in [1.54, 1.807) is 0 Å². The van der Waals surface area contributed by atoms with Crippen molar-refractivity contribution in [3.63, 3.8) is 0 Å². The lowest BCUT2D eigenvalue weighted by Gasteiger charge is -2.25. The van der Waals surface area contributed by atoms with Crippen LogP contribution in [0.15, 0.2) is 0 Å². The molecule has 0 radical (unpaired) electrons. The van der Waals surface area contributed by atoms with Gasteiger partial charge in [-0.05, 0) is 11.8 Å². The highest BCUT2D eigenvalue weighted by Gasteiger charge is 2.14. The number of rotatable bonds is 4. The van der Waals surface area contributed by atoms with E-state index in [1.165, 1.54) is 12.8 Å². The number of hydrogen-bond acceptors (Lipinski definition) is 0. The van der Waals surface area contributed by atoms with Crippen LogP contribution in [0.5, 0.6) is 0 Å². The molecule has 0 saturated carbocycles. The lowest BCUT2D eigenvalue weighted by atomic mass is 9.83. The van der Waals surface area contributed by atoms with Crippen LogP contribution in [0, 0.1) is 30.7 Å². The van der Waals surface area contributed by atoms with Gasteiger partial charge in [-0.25, -0.2) is 6.57 Å². The maximum atomic E-state index is 6.77. The van der Waals surface area contributed by atoms with E-state index in [9.17, 15) is 0 Å². The van der Waals surface area contributed by atoms with E-state index < -0.39 is 0 Å². The smallest absolute Gasteiger partial charge is 0.190 e. The zero-order valence-electron chi connectivity index (χ0n) is 9.43. The zero-order chi connectivity index (χ0) is 10.5. The fourth-order valence-electron chi connectivity index (χ4n) is 1.19. The first-order valence-electron chi connectivity index (χ1n) is 5.03. The van der Waals surface area contributed by atoms with Crippen molar-refractivity contribution >= 4 is 0 Å². The van der Waals surface area contributed by atoms with Crippen LogP contribution in [0.2, 0.25) is 0 Å². The Kier molecular flexibility index (Phi) is 5.06. The Bertz CT molecular complexity index is 171. The maximum Gasteiger partial charge on any atom is 0.190 e. The fraction of sp³-hybridized carbons (Fsp3) is 0.833. The van der Waals surface area contributed by atoms with Gasteiger partial charge >= 0.3 is 0 Å². The molecule has 0 amide bonds. The quantitative estimate of drug-likeness (QED) is 0.579. The van der Waals surface area contributed by atoms with Crippen LogP contribution < -0.4 is 0 Å². The molecule has 1 heteroatoms. The van der Waals surface area contributed by atoms with E-state index in [0.29, 0.717) is 23.8 Å². The fourth-order valence-corrected chi connectivity index (χ4v) is 1.19. The van der Waals surface area contributed by atoms with Crippen LogP contribution >= 0.6 is 0 Å². The summed E-state index contributed by atoms with van der Waals surface area (Å²) in [7, 11) is 0. The van der Waals surface area contributed by atoms with Crippen LogP contribution in [0.3, 0.4) is 0 Å². The maximum absolute atomic E-state index is 6.77. The van der Waals surface area contributed by atoms with Crippen molar-refractivity contribution in [2.75, 3.05) is 6.54 Å². The molecule has 0 aliphatic heterocycles. The van der Waals surface area contributed by atoms with Crippen molar-refractivity contribution < 1.29 is 0 Å². The van der Waals surface area contributed by atoms with Gasteiger partial charge in [0, 0.05) is 0 Å². The van der Waals surface area contributed by atoms with Gasteiger partial charge in [-0.2, -0.15) is 0 Å². The Hall–Kier alpha value is -0.510. The summed E-state index contributed by atoms with van der Waals surface area (Å²) in [4.78, 5) is 3.39. The Labute approximate surface area is 83.4 Å². The Morgan fingerprint density at radius 3 is 2.31 bits per heavy atom. The van der Waals surface area contributed by atoms with E-state index in [2.05, 4.69) is 39.5 Å². The van der Waals surface area contributed by atoms with E-state index in [0.717, 1.165) is 0 Å². The molecular formula is C12H22N-. The highest BCUT2D eigenvalue weighted by atomic mass is 14.6. The molecule has 0 aliphatic carbocycles. The lowest BCUT2D eigenvalue weighted by molar-refractivity contribution is 0.303. The minimum atomic E-state index is 0.305. The van der Waals surface area contributed by atoms with Crippen LogP contribution in [-0.2, 0) is 0 Å². The highest BCUT2D eigenvalue weighted by Crippen LogP contribution is 2.26. The molecule has 13 heavy (non-hydrogen) atoms. The van der Waals surface area contributed by atoms with Gasteiger partial charge in [0.1, 0.15) is 0 Å². The molecule has 0 bridgehead atoms. The molecule has 0 aromatic heterocycles. The third-order valence-corrected chi connectivity index (χ3v) is 2.48. The average Bonchev–Trinajstić information content (AvgIpc) is 1.99. The van der Waals surface area contributed by atoms with Crippen molar-refractivity contribution in [3.05, 3.63) is 18.3 Å². The van der Waals surface area contributed by atoms with Crippen LogP contribution in [0.1, 0.15) is 40.5 Å². The average molecular weight is 180 g/mol. The first-order chi connectivity index (χ1) is 5.87. The predicted molar refractivity (Wildman–Crippen MR) is 58.2 cm³/mol. The normalized spacial score (nSPS) is 16.3. The Morgan fingerprint density at radius 1 is 1.38 bits per heavy atom. The number of nitrogens with zero attached hydrogens (tertiary/aromatic N) is 1. The highest BCUT2D eigenvalue weighted by molar-refractivity contribution is 4.77. The summed E-state index contributed by atoms with van der Waals surface area (Å²) in [5.41, 5.74) is 0.409. The van der Waals surface area contributed by atoms with E-state index in [-0.39, 0.29) is 0 Å². The molecule has 1 nitrogen and oxygen atoms in total.